The molecule has 0 unspecified atom stereocenters. The molecule has 136 valence electrons. The van der Waals surface area contributed by atoms with Crippen LogP contribution in [0.15, 0.2) is 40.2 Å². The number of ether oxygens (including phenoxy) is 1. The van der Waals surface area contributed by atoms with Gasteiger partial charge in [-0.05, 0) is 13.8 Å². The normalized spacial score (nSPS) is 11.6. The highest BCUT2D eigenvalue weighted by Gasteiger charge is 2.27. The summed E-state index contributed by atoms with van der Waals surface area (Å²) in [7, 11) is 0. The van der Waals surface area contributed by atoms with Gasteiger partial charge in [0.2, 0.25) is 0 Å². The van der Waals surface area contributed by atoms with Gasteiger partial charge in [-0.15, -0.1) is 11.3 Å². The lowest BCUT2D eigenvalue weighted by Gasteiger charge is -2.07. The first-order chi connectivity index (χ1) is 13.0. The topological polar surface area (TPSA) is 106 Å². The number of carbonyl (C=O) groups excluding carboxylic acids is 2. The van der Waals surface area contributed by atoms with Crippen molar-refractivity contribution in [3.05, 3.63) is 57.7 Å². The summed E-state index contributed by atoms with van der Waals surface area (Å²) in [6, 6.07) is 11.0. The maximum Gasteiger partial charge on any atom is 0.344 e. The van der Waals surface area contributed by atoms with Crippen molar-refractivity contribution < 1.29 is 18.8 Å². The standard InChI is InChI=1S/C19H15N3O4S/c1-11-10-27-18(21-11)14(8-20)15(23)9-25-19(24)16-12(2)26-22-17(16)13-6-4-3-5-7-13/h3-7,10,14H,9H2,1-2H3/t14-/m1/s1. The number of ketones is 1. The predicted molar refractivity (Wildman–Crippen MR) is 97.2 cm³/mol. The molecule has 0 bridgehead atoms. The highest BCUT2D eigenvalue weighted by atomic mass is 32.1. The first-order valence-corrected chi connectivity index (χ1v) is 8.92. The number of esters is 1. The van der Waals surface area contributed by atoms with Crippen LogP contribution in [0.1, 0.15) is 32.7 Å². The van der Waals surface area contributed by atoms with E-state index in [-0.39, 0.29) is 5.56 Å². The molecule has 0 N–H and O–H groups in total. The molecule has 0 aliphatic rings. The van der Waals surface area contributed by atoms with Gasteiger partial charge < -0.3 is 9.26 Å². The van der Waals surface area contributed by atoms with E-state index in [9.17, 15) is 14.9 Å². The maximum atomic E-state index is 12.5. The Labute approximate surface area is 159 Å². The first kappa shape index (κ1) is 18.5. The van der Waals surface area contributed by atoms with Crippen molar-refractivity contribution in [2.45, 2.75) is 19.8 Å². The Kier molecular flexibility index (Phi) is 5.43. The van der Waals surface area contributed by atoms with Crippen LogP contribution in [0.4, 0.5) is 0 Å². The largest absolute Gasteiger partial charge is 0.454 e. The molecule has 0 saturated carbocycles. The third kappa shape index (κ3) is 3.93. The number of aromatic nitrogens is 2. The van der Waals surface area contributed by atoms with Gasteiger partial charge >= 0.3 is 5.97 Å². The molecule has 3 rings (SSSR count). The highest BCUT2D eigenvalue weighted by molar-refractivity contribution is 7.09. The van der Waals surface area contributed by atoms with E-state index in [0.29, 0.717) is 22.0 Å². The van der Waals surface area contributed by atoms with Crippen LogP contribution in [0.5, 0.6) is 0 Å². The zero-order chi connectivity index (χ0) is 19.4. The second-order valence-electron chi connectivity index (χ2n) is 5.76. The number of benzene rings is 1. The molecule has 0 amide bonds. The minimum Gasteiger partial charge on any atom is -0.454 e. The van der Waals surface area contributed by atoms with Gasteiger partial charge in [-0.3, -0.25) is 4.79 Å². The van der Waals surface area contributed by atoms with Crippen LogP contribution in [-0.2, 0) is 9.53 Å². The summed E-state index contributed by atoms with van der Waals surface area (Å²) < 4.78 is 10.3. The summed E-state index contributed by atoms with van der Waals surface area (Å²) >= 11 is 1.22. The Morgan fingerprint density at radius 1 is 1.30 bits per heavy atom. The summed E-state index contributed by atoms with van der Waals surface area (Å²) in [4.78, 5) is 29.0. The lowest BCUT2D eigenvalue weighted by molar-refractivity contribution is -0.122. The van der Waals surface area contributed by atoms with Crippen molar-refractivity contribution in [3.63, 3.8) is 0 Å². The average Bonchev–Trinajstić information content (AvgIpc) is 3.27. The highest BCUT2D eigenvalue weighted by Crippen LogP contribution is 2.26. The van der Waals surface area contributed by atoms with E-state index in [2.05, 4.69) is 10.1 Å². The van der Waals surface area contributed by atoms with Crippen molar-refractivity contribution in [3.8, 4) is 17.3 Å². The fourth-order valence-corrected chi connectivity index (χ4v) is 3.33. The zero-order valence-electron chi connectivity index (χ0n) is 14.6. The summed E-state index contributed by atoms with van der Waals surface area (Å²) in [6.45, 7) is 2.83. The number of carbonyl (C=O) groups is 2. The molecule has 8 heteroatoms. The monoisotopic (exact) mass is 381 g/mol. The number of nitrogens with zero attached hydrogens (tertiary/aromatic N) is 3. The molecule has 27 heavy (non-hydrogen) atoms. The average molecular weight is 381 g/mol. The van der Waals surface area contributed by atoms with Crippen LogP contribution < -0.4 is 0 Å². The molecule has 1 aromatic carbocycles. The van der Waals surface area contributed by atoms with Crippen LogP contribution in [-0.4, -0.2) is 28.5 Å². The molecule has 0 saturated heterocycles. The molecular weight excluding hydrogens is 366 g/mol. The number of thiazole rings is 1. The Balaban J connectivity index is 1.74. The maximum absolute atomic E-state index is 12.5. The fourth-order valence-electron chi connectivity index (χ4n) is 2.47. The smallest absolute Gasteiger partial charge is 0.344 e. The van der Waals surface area contributed by atoms with E-state index in [1.54, 1.807) is 31.4 Å². The van der Waals surface area contributed by atoms with Gasteiger partial charge in [0.15, 0.2) is 18.3 Å². The fraction of sp³-hybridized carbons (Fsp3) is 0.211. The minimum atomic E-state index is -1.06. The third-order valence-corrected chi connectivity index (χ3v) is 4.82. The van der Waals surface area contributed by atoms with Crippen molar-refractivity contribution in [1.82, 2.24) is 10.1 Å². The van der Waals surface area contributed by atoms with Gasteiger partial charge in [-0.2, -0.15) is 5.26 Å². The van der Waals surface area contributed by atoms with E-state index in [4.69, 9.17) is 9.26 Å². The molecule has 3 aromatic rings. The first-order valence-electron chi connectivity index (χ1n) is 8.04. The Bertz CT molecular complexity index is 1020. The van der Waals surface area contributed by atoms with Crippen molar-refractivity contribution in [2.24, 2.45) is 0 Å². The van der Waals surface area contributed by atoms with Gasteiger partial charge in [0.05, 0.1) is 6.07 Å². The lowest BCUT2D eigenvalue weighted by Crippen LogP contribution is -2.20. The second-order valence-corrected chi connectivity index (χ2v) is 6.65. The van der Waals surface area contributed by atoms with E-state index < -0.39 is 24.3 Å². The summed E-state index contributed by atoms with van der Waals surface area (Å²) in [5.41, 5.74) is 1.93. The molecule has 0 fully saturated rings. The van der Waals surface area contributed by atoms with Gasteiger partial charge in [-0.25, -0.2) is 9.78 Å². The van der Waals surface area contributed by atoms with E-state index in [1.807, 2.05) is 24.3 Å². The van der Waals surface area contributed by atoms with Gasteiger partial charge in [0.1, 0.15) is 22.0 Å². The Hall–Kier alpha value is -3.31. The molecule has 0 radical (unpaired) electrons. The minimum absolute atomic E-state index is 0.160. The Morgan fingerprint density at radius 3 is 2.67 bits per heavy atom. The zero-order valence-corrected chi connectivity index (χ0v) is 15.4. The molecule has 0 aliphatic heterocycles. The second kappa shape index (κ2) is 7.93. The van der Waals surface area contributed by atoms with E-state index in [0.717, 1.165) is 5.69 Å². The number of hydrogen-bond donors (Lipinski definition) is 0. The predicted octanol–water partition coefficient (Wildman–Crippen LogP) is 3.45. The van der Waals surface area contributed by atoms with Crippen molar-refractivity contribution >= 4 is 23.1 Å². The van der Waals surface area contributed by atoms with E-state index in [1.165, 1.54) is 11.3 Å². The SMILES string of the molecule is Cc1csc([C@H](C#N)C(=O)COC(=O)c2c(-c3ccccc3)noc2C)n1. The van der Waals surface area contributed by atoms with Gasteiger partial charge in [-0.1, -0.05) is 35.5 Å². The van der Waals surface area contributed by atoms with Crippen LogP contribution in [0.2, 0.25) is 0 Å². The third-order valence-electron chi connectivity index (χ3n) is 3.79. The van der Waals surface area contributed by atoms with Crippen molar-refractivity contribution in [2.75, 3.05) is 6.61 Å². The molecule has 7 nitrogen and oxygen atoms in total. The van der Waals surface area contributed by atoms with Crippen LogP contribution in [0.3, 0.4) is 0 Å². The number of rotatable bonds is 6. The summed E-state index contributed by atoms with van der Waals surface area (Å²) in [5, 5.41) is 15.3. The van der Waals surface area contributed by atoms with Crippen molar-refractivity contribution in [1.29, 1.82) is 5.26 Å². The number of Topliss-reactive ketones (excluding diaryl/α,β-unsaturated/α-hetero) is 1. The van der Waals surface area contributed by atoms with Crippen LogP contribution in [0, 0.1) is 25.2 Å². The lowest BCUT2D eigenvalue weighted by atomic mass is 10.1. The molecule has 2 aromatic heterocycles. The molecule has 0 aliphatic carbocycles. The summed E-state index contributed by atoms with van der Waals surface area (Å²) in [5.74, 6) is -2.03. The Morgan fingerprint density at radius 2 is 2.04 bits per heavy atom. The molecule has 0 spiro atoms. The molecule has 2 heterocycles. The number of nitriles is 1. The van der Waals surface area contributed by atoms with Crippen LogP contribution in [0.25, 0.3) is 11.3 Å². The number of aryl methyl sites for hydroxylation is 2. The van der Waals surface area contributed by atoms with Gasteiger partial charge in [0, 0.05) is 16.6 Å². The molecular formula is C19H15N3O4S. The molecule has 1 atom stereocenters. The van der Waals surface area contributed by atoms with Crippen LogP contribution >= 0.6 is 11.3 Å². The summed E-state index contributed by atoms with van der Waals surface area (Å²) in [6.07, 6.45) is 0. The van der Waals surface area contributed by atoms with Gasteiger partial charge in [0.25, 0.3) is 0 Å². The number of hydrogen-bond acceptors (Lipinski definition) is 8. The quantitative estimate of drug-likeness (QED) is 0.602. The van der Waals surface area contributed by atoms with E-state index >= 15 is 0 Å².